The quantitative estimate of drug-likeness (QED) is 0.147. The first-order valence-electron chi connectivity index (χ1n) is 18.7. The molecule has 56 heavy (non-hydrogen) atoms. The monoisotopic (exact) mass is 808 g/mol. The topological polar surface area (TPSA) is 174 Å². The summed E-state index contributed by atoms with van der Waals surface area (Å²) in [5, 5.41) is 10.2. The van der Waals surface area contributed by atoms with E-state index in [0.29, 0.717) is 18.4 Å². The van der Waals surface area contributed by atoms with Gasteiger partial charge in [0.05, 0.1) is 16.8 Å². The lowest BCUT2D eigenvalue weighted by molar-refractivity contribution is -0.147. The molecule has 3 aliphatic rings. The number of amides is 5. The van der Waals surface area contributed by atoms with Crippen LogP contribution in [0.5, 0.6) is 0 Å². The molecule has 1 aromatic rings. The van der Waals surface area contributed by atoms with E-state index in [1.165, 1.54) is 18.0 Å². The molecular formula is C39H55F3N6O7S. The van der Waals surface area contributed by atoms with Gasteiger partial charge in [0.1, 0.15) is 12.1 Å². The van der Waals surface area contributed by atoms with Crippen molar-refractivity contribution < 1.29 is 45.6 Å². The number of nitrogens with zero attached hydrogens (tertiary/aromatic N) is 2. The largest absolute Gasteiger partial charge is 0.389 e. The number of hydrogen-bond donors (Lipinski definition) is 4. The van der Waals surface area contributed by atoms with Crippen molar-refractivity contribution in [3.63, 3.8) is 0 Å². The normalized spacial score (nSPS) is 21.9. The van der Waals surface area contributed by atoms with Crippen LogP contribution in [-0.4, -0.2) is 109 Å². The number of fused-ring (bicyclic) bond motifs is 2. The number of halogens is 3. The molecule has 0 aromatic heterocycles. The number of likely N-dealkylation sites (tertiary alicyclic amines) is 1. The van der Waals surface area contributed by atoms with Gasteiger partial charge in [-0.1, -0.05) is 56.3 Å². The number of urea groups is 1. The molecule has 17 heteroatoms. The Morgan fingerprint density at radius 2 is 1.61 bits per heavy atom. The zero-order valence-corrected chi connectivity index (χ0v) is 33.9. The van der Waals surface area contributed by atoms with E-state index < -0.39 is 105 Å². The fraction of sp³-hybridized carbons (Fsp3) is 0.615. The summed E-state index contributed by atoms with van der Waals surface area (Å²) in [6, 6.07) is 1.73. The number of rotatable bonds is 16. The van der Waals surface area contributed by atoms with Gasteiger partial charge in [-0.2, -0.15) is 13.2 Å². The van der Waals surface area contributed by atoms with E-state index in [1.54, 1.807) is 27.7 Å². The number of carbonyl (C=O) groups excluding carboxylic acids is 5. The standard InChI is InChI=1S/C39H55F3N6O7S/c1-10-17-43-34(51)32(49)27(15-16-39(40,41)42)44-33(50)31-29-26(38(29,7)8)20-48(31)35(52)30(25-18-23-13-11-12-14-24(23)19-25)46-36(53)45-28(22(2)3)21-47(9)56(54,55)37(4,5)6/h10-14,25-31H,1-2,15-21H2,3-9H3,(H,43,51)(H,44,50)(H2,45,46,53)/t26-,27?,28+,29-,30-,31-/m0/s1. The van der Waals surface area contributed by atoms with Crippen LogP contribution in [0.3, 0.4) is 0 Å². The van der Waals surface area contributed by atoms with Gasteiger partial charge in [0.25, 0.3) is 5.91 Å². The summed E-state index contributed by atoms with van der Waals surface area (Å²) >= 11 is 0. The molecule has 310 valence electrons. The number of nitrogens with one attached hydrogen (secondary N) is 4. The number of piperidine rings is 1. The van der Waals surface area contributed by atoms with Crippen LogP contribution in [0.2, 0.25) is 0 Å². The van der Waals surface area contributed by atoms with E-state index in [9.17, 15) is 45.6 Å². The third-order valence-electron chi connectivity index (χ3n) is 11.4. The minimum absolute atomic E-state index is 0.110. The van der Waals surface area contributed by atoms with Crippen molar-refractivity contribution in [1.82, 2.24) is 30.5 Å². The third kappa shape index (κ3) is 9.82. The van der Waals surface area contributed by atoms with Crippen LogP contribution in [0.4, 0.5) is 18.0 Å². The zero-order valence-electron chi connectivity index (χ0n) is 33.1. The molecule has 2 fully saturated rings. The molecule has 0 spiro atoms. The SMILES string of the molecule is C=CCNC(=O)C(=O)C(CCC(F)(F)F)NC(=O)[C@@H]1[C@@H]2[C@H](CN1C(=O)[C@@H](NC(=O)N[C@H](CN(C)S(=O)(=O)C(C)(C)C)C(=C)C)C1Cc3ccccc3C1)C2(C)C. The Morgan fingerprint density at radius 3 is 2.12 bits per heavy atom. The number of Topliss-reactive ketones (excluding diaryl/α,β-unsaturated/α-hetero) is 1. The van der Waals surface area contributed by atoms with Gasteiger partial charge in [-0.25, -0.2) is 17.5 Å². The molecule has 0 radical (unpaired) electrons. The second kappa shape index (κ2) is 16.7. The summed E-state index contributed by atoms with van der Waals surface area (Å²) in [6.45, 7) is 17.3. The van der Waals surface area contributed by atoms with Gasteiger partial charge in [-0.05, 0) is 81.3 Å². The molecule has 1 unspecified atom stereocenters. The first kappa shape index (κ1) is 44.5. The summed E-state index contributed by atoms with van der Waals surface area (Å²) in [7, 11) is -2.37. The highest BCUT2D eigenvalue weighted by atomic mass is 32.2. The highest BCUT2D eigenvalue weighted by Gasteiger charge is 2.70. The molecule has 2 aliphatic carbocycles. The van der Waals surface area contributed by atoms with E-state index in [2.05, 4.69) is 34.4 Å². The minimum atomic E-state index is -4.68. The number of ketones is 1. The Hall–Kier alpha value is -4.25. The van der Waals surface area contributed by atoms with Crippen molar-refractivity contribution >= 4 is 39.6 Å². The van der Waals surface area contributed by atoms with Gasteiger partial charge < -0.3 is 26.2 Å². The lowest BCUT2D eigenvalue weighted by atomic mass is 9.93. The van der Waals surface area contributed by atoms with Crippen molar-refractivity contribution in [2.75, 3.05) is 26.7 Å². The van der Waals surface area contributed by atoms with Crippen molar-refractivity contribution in [1.29, 1.82) is 0 Å². The number of carbonyl (C=O) groups is 5. The van der Waals surface area contributed by atoms with Gasteiger partial charge in [0, 0.05) is 33.1 Å². The Kier molecular flexibility index (Phi) is 13.3. The predicted octanol–water partition coefficient (Wildman–Crippen LogP) is 3.26. The second-order valence-electron chi connectivity index (χ2n) is 16.8. The average molecular weight is 809 g/mol. The maximum Gasteiger partial charge on any atom is 0.389 e. The van der Waals surface area contributed by atoms with Gasteiger partial charge in [0.15, 0.2) is 0 Å². The van der Waals surface area contributed by atoms with Crippen LogP contribution in [0.1, 0.15) is 65.5 Å². The van der Waals surface area contributed by atoms with Crippen molar-refractivity contribution in [3.05, 3.63) is 60.2 Å². The fourth-order valence-electron chi connectivity index (χ4n) is 7.93. The van der Waals surface area contributed by atoms with Crippen LogP contribution in [0.25, 0.3) is 0 Å². The first-order chi connectivity index (χ1) is 25.8. The molecule has 1 saturated heterocycles. The second-order valence-corrected chi connectivity index (χ2v) is 19.6. The molecule has 1 saturated carbocycles. The summed E-state index contributed by atoms with van der Waals surface area (Å²) < 4.78 is 66.2. The van der Waals surface area contributed by atoms with E-state index >= 15 is 0 Å². The summed E-state index contributed by atoms with van der Waals surface area (Å²) in [6.07, 6.45) is -4.91. The minimum Gasteiger partial charge on any atom is -0.346 e. The number of sulfonamides is 1. The Bertz CT molecular complexity index is 1820. The highest BCUT2D eigenvalue weighted by Crippen LogP contribution is 2.65. The maximum atomic E-state index is 14.8. The number of benzene rings is 1. The molecule has 1 aliphatic heterocycles. The van der Waals surface area contributed by atoms with E-state index in [0.717, 1.165) is 15.4 Å². The summed E-state index contributed by atoms with van der Waals surface area (Å²) in [4.78, 5) is 69.6. The van der Waals surface area contributed by atoms with Crippen LogP contribution in [-0.2, 0) is 42.0 Å². The van der Waals surface area contributed by atoms with Gasteiger partial charge in [-0.15, -0.1) is 6.58 Å². The number of alkyl halides is 3. The van der Waals surface area contributed by atoms with E-state index in [-0.39, 0.29) is 25.6 Å². The Morgan fingerprint density at radius 1 is 1.02 bits per heavy atom. The smallest absolute Gasteiger partial charge is 0.346 e. The third-order valence-corrected chi connectivity index (χ3v) is 13.9. The Labute approximate surface area is 327 Å². The molecule has 1 heterocycles. The van der Waals surface area contributed by atoms with Crippen LogP contribution >= 0.6 is 0 Å². The molecule has 4 rings (SSSR count). The van der Waals surface area contributed by atoms with Crippen LogP contribution < -0.4 is 21.3 Å². The van der Waals surface area contributed by atoms with Gasteiger partial charge >= 0.3 is 12.2 Å². The molecule has 4 N–H and O–H groups in total. The predicted molar refractivity (Wildman–Crippen MR) is 204 cm³/mol. The molecule has 0 bridgehead atoms. The van der Waals surface area contributed by atoms with Crippen LogP contribution in [0.15, 0.2) is 49.1 Å². The average Bonchev–Trinajstić information content (AvgIpc) is 3.46. The lowest BCUT2D eigenvalue weighted by Gasteiger charge is -2.36. The Balaban J connectivity index is 1.62. The highest BCUT2D eigenvalue weighted by molar-refractivity contribution is 7.90. The summed E-state index contributed by atoms with van der Waals surface area (Å²) in [5.74, 6) is -4.96. The van der Waals surface area contributed by atoms with Crippen molar-refractivity contribution in [3.8, 4) is 0 Å². The first-order valence-corrected chi connectivity index (χ1v) is 20.1. The van der Waals surface area contributed by atoms with Gasteiger partial charge in [-0.3, -0.25) is 19.2 Å². The molecule has 13 nitrogen and oxygen atoms in total. The lowest BCUT2D eigenvalue weighted by Crippen LogP contribution is -2.61. The molecular weight excluding hydrogens is 754 g/mol. The van der Waals surface area contributed by atoms with Crippen molar-refractivity contribution in [2.24, 2.45) is 23.2 Å². The summed E-state index contributed by atoms with van der Waals surface area (Å²) in [5.41, 5.74) is 1.99. The van der Waals surface area contributed by atoms with E-state index in [4.69, 9.17) is 0 Å². The van der Waals surface area contributed by atoms with Crippen LogP contribution in [0, 0.1) is 23.2 Å². The van der Waals surface area contributed by atoms with Crippen molar-refractivity contribution in [2.45, 2.75) is 102 Å². The number of likely N-dealkylation sites (N-methyl/N-ethyl adjacent to an activating group) is 1. The van der Waals surface area contributed by atoms with Gasteiger partial charge in [0.2, 0.25) is 27.6 Å². The molecule has 1 aromatic carbocycles. The number of hydrogen-bond acceptors (Lipinski definition) is 7. The molecule has 6 atom stereocenters. The molecule has 5 amide bonds. The van der Waals surface area contributed by atoms with E-state index in [1.807, 2.05) is 38.1 Å². The fourth-order valence-corrected chi connectivity index (χ4v) is 9.21. The maximum absolute atomic E-state index is 14.8. The zero-order chi connectivity index (χ0) is 42.1.